The molecule has 0 bridgehead atoms. The summed E-state index contributed by atoms with van der Waals surface area (Å²) in [6.07, 6.45) is -1.11. The average Bonchev–Trinajstić information content (AvgIpc) is 2.64. The van der Waals surface area contributed by atoms with Crippen molar-refractivity contribution >= 4 is 52.4 Å². The summed E-state index contributed by atoms with van der Waals surface area (Å²) in [4.78, 5) is 24.6. The molecule has 1 unspecified atom stereocenters. The fourth-order valence-corrected chi connectivity index (χ4v) is 2.83. The van der Waals surface area contributed by atoms with E-state index in [9.17, 15) is 9.59 Å². The number of carbonyl (C=O) groups is 2. The second-order valence-electron chi connectivity index (χ2n) is 5.32. The zero-order chi connectivity index (χ0) is 20.1. The number of esters is 1. The lowest BCUT2D eigenvalue weighted by Crippen LogP contribution is -2.30. The van der Waals surface area contributed by atoms with Crippen molar-refractivity contribution in [2.24, 2.45) is 0 Å². The Labute approximate surface area is 171 Å². The van der Waals surface area contributed by atoms with Gasteiger partial charge in [0.1, 0.15) is 0 Å². The Kier molecular flexibility index (Phi) is 7.18. The third kappa shape index (κ3) is 4.97. The van der Waals surface area contributed by atoms with Gasteiger partial charge in [0.25, 0.3) is 5.91 Å². The topological polar surface area (TPSA) is 73.9 Å². The van der Waals surface area contributed by atoms with Crippen LogP contribution < -0.4 is 14.8 Å². The largest absolute Gasteiger partial charge is 0.493 e. The summed E-state index contributed by atoms with van der Waals surface area (Å²) in [5.74, 6) is -0.454. The number of carbonyl (C=O) groups excluding carboxylic acids is 2. The Bertz CT molecular complexity index is 872. The SMILES string of the molecule is COc1ccc(NC(=O)C(C)OC(=O)c2c(Cl)ccc(Cl)c2Cl)cc1OC. The van der Waals surface area contributed by atoms with E-state index in [0.29, 0.717) is 17.2 Å². The molecule has 0 heterocycles. The second kappa shape index (κ2) is 9.17. The first-order valence-electron chi connectivity index (χ1n) is 7.65. The zero-order valence-corrected chi connectivity index (χ0v) is 16.9. The van der Waals surface area contributed by atoms with Crippen molar-refractivity contribution < 1.29 is 23.8 Å². The maximum Gasteiger partial charge on any atom is 0.342 e. The van der Waals surface area contributed by atoms with E-state index < -0.39 is 18.0 Å². The smallest absolute Gasteiger partial charge is 0.342 e. The van der Waals surface area contributed by atoms with Crippen LogP contribution in [-0.4, -0.2) is 32.2 Å². The van der Waals surface area contributed by atoms with Gasteiger partial charge in [0.05, 0.1) is 34.9 Å². The number of benzene rings is 2. The molecule has 1 N–H and O–H groups in total. The lowest BCUT2D eigenvalue weighted by molar-refractivity contribution is -0.123. The minimum absolute atomic E-state index is 0.0401. The highest BCUT2D eigenvalue weighted by molar-refractivity contribution is 6.46. The number of nitrogens with one attached hydrogen (secondary N) is 1. The van der Waals surface area contributed by atoms with E-state index in [-0.39, 0.29) is 20.6 Å². The lowest BCUT2D eigenvalue weighted by Gasteiger charge is -2.16. The summed E-state index contributed by atoms with van der Waals surface area (Å²) >= 11 is 17.9. The highest BCUT2D eigenvalue weighted by atomic mass is 35.5. The van der Waals surface area contributed by atoms with Gasteiger partial charge < -0.3 is 19.5 Å². The van der Waals surface area contributed by atoms with E-state index in [2.05, 4.69) is 5.32 Å². The summed E-state index contributed by atoms with van der Waals surface area (Å²) < 4.78 is 15.5. The lowest BCUT2D eigenvalue weighted by atomic mass is 10.2. The standard InChI is InChI=1S/C18H16Cl3NO5/c1-9(27-18(24)15-11(19)5-6-12(20)16(15)21)17(23)22-10-4-7-13(25-2)14(8-10)26-3/h4-9H,1-3H3,(H,22,23). The Morgan fingerprint density at radius 3 is 2.22 bits per heavy atom. The van der Waals surface area contributed by atoms with E-state index in [1.54, 1.807) is 18.2 Å². The number of hydrogen-bond donors (Lipinski definition) is 1. The van der Waals surface area contributed by atoms with Crippen LogP contribution in [0.5, 0.6) is 11.5 Å². The van der Waals surface area contributed by atoms with E-state index in [0.717, 1.165) is 0 Å². The molecule has 27 heavy (non-hydrogen) atoms. The van der Waals surface area contributed by atoms with Gasteiger partial charge in [-0.3, -0.25) is 4.79 Å². The van der Waals surface area contributed by atoms with Gasteiger partial charge in [0.15, 0.2) is 17.6 Å². The molecule has 0 aromatic heterocycles. The Balaban J connectivity index is 2.10. The van der Waals surface area contributed by atoms with Crippen molar-refractivity contribution in [1.82, 2.24) is 0 Å². The summed E-state index contributed by atoms with van der Waals surface area (Å²) in [7, 11) is 2.98. The highest BCUT2D eigenvalue weighted by Gasteiger charge is 2.24. The molecule has 0 saturated carbocycles. The molecular formula is C18H16Cl3NO5. The first-order valence-corrected chi connectivity index (χ1v) is 8.79. The number of ether oxygens (including phenoxy) is 3. The number of anilines is 1. The van der Waals surface area contributed by atoms with Crippen molar-refractivity contribution in [2.45, 2.75) is 13.0 Å². The molecule has 1 amide bonds. The fourth-order valence-electron chi connectivity index (χ4n) is 2.15. The molecule has 0 radical (unpaired) electrons. The molecule has 144 valence electrons. The molecule has 0 spiro atoms. The normalized spacial score (nSPS) is 11.5. The second-order valence-corrected chi connectivity index (χ2v) is 6.52. The molecule has 9 heteroatoms. The number of halogens is 3. The Morgan fingerprint density at radius 1 is 0.963 bits per heavy atom. The number of hydrogen-bond acceptors (Lipinski definition) is 5. The minimum Gasteiger partial charge on any atom is -0.493 e. The number of amides is 1. The summed E-state index contributed by atoms with van der Waals surface area (Å²) in [5, 5.41) is 2.80. The van der Waals surface area contributed by atoms with Crippen LogP contribution in [0.2, 0.25) is 15.1 Å². The van der Waals surface area contributed by atoms with Crippen molar-refractivity contribution in [2.75, 3.05) is 19.5 Å². The molecular weight excluding hydrogens is 417 g/mol. The van der Waals surface area contributed by atoms with Gasteiger partial charge in [-0.1, -0.05) is 34.8 Å². The van der Waals surface area contributed by atoms with Crippen molar-refractivity contribution in [1.29, 1.82) is 0 Å². The number of rotatable bonds is 6. The van der Waals surface area contributed by atoms with Gasteiger partial charge >= 0.3 is 5.97 Å². The maximum atomic E-state index is 12.3. The molecule has 0 aliphatic rings. The quantitative estimate of drug-likeness (QED) is 0.522. The van der Waals surface area contributed by atoms with Gasteiger partial charge in [-0.05, 0) is 31.2 Å². The molecule has 2 aromatic carbocycles. The summed E-state index contributed by atoms with van der Waals surface area (Å²) in [5.41, 5.74) is 0.343. The Morgan fingerprint density at radius 2 is 1.59 bits per heavy atom. The van der Waals surface area contributed by atoms with Crippen molar-refractivity contribution in [3.63, 3.8) is 0 Å². The minimum atomic E-state index is -1.11. The van der Waals surface area contributed by atoms with Crippen LogP contribution in [0.1, 0.15) is 17.3 Å². The van der Waals surface area contributed by atoms with E-state index in [1.807, 2.05) is 0 Å². The van der Waals surface area contributed by atoms with Crippen LogP contribution in [-0.2, 0) is 9.53 Å². The fraction of sp³-hybridized carbons (Fsp3) is 0.222. The monoisotopic (exact) mass is 431 g/mol. The average molecular weight is 433 g/mol. The van der Waals surface area contributed by atoms with Crippen LogP contribution >= 0.6 is 34.8 Å². The Hall–Kier alpha value is -2.15. The molecule has 0 fully saturated rings. The van der Waals surface area contributed by atoms with Gasteiger partial charge in [0, 0.05) is 11.8 Å². The molecule has 2 rings (SSSR count). The molecule has 2 aromatic rings. The van der Waals surface area contributed by atoms with E-state index >= 15 is 0 Å². The molecule has 0 aliphatic heterocycles. The van der Waals surface area contributed by atoms with Crippen LogP contribution in [0.15, 0.2) is 30.3 Å². The van der Waals surface area contributed by atoms with E-state index in [4.69, 9.17) is 49.0 Å². The predicted molar refractivity (Wildman–Crippen MR) is 105 cm³/mol. The summed E-state index contributed by atoms with van der Waals surface area (Å²) in [6.45, 7) is 1.42. The van der Waals surface area contributed by atoms with Crippen LogP contribution in [0.4, 0.5) is 5.69 Å². The van der Waals surface area contributed by atoms with Gasteiger partial charge in [-0.25, -0.2) is 4.79 Å². The predicted octanol–water partition coefficient (Wildman–Crippen LogP) is 4.85. The van der Waals surface area contributed by atoms with Gasteiger partial charge in [-0.15, -0.1) is 0 Å². The summed E-state index contributed by atoms with van der Waals surface area (Å²) in [6, 6.07) is 7.71. The first-order chi connectivity index (χ1) is 12.8. The maximum absolute atomic E-state index is 12.3. The third-order valence-electron chi connectivity index (χ3n) is 3.55. The van der Waals surface area contributed by atoms with Crippen LogP contribution in [0, 0.1) is 0 Å². The van der Waals surface area contributed by atoms with Crippen molar-refractivity contribution in [3.8, 4) is 11.5 Å². The van der Waals surface area contributed by atoms with Crippen LogP contribution in [0.3, 0.4) is 0 Å². The van der Waals surface area contributed by atoms with Gasteiger partial charge in [-0.2, -0.15) is 0 Å². The first kappa shape index (κ1) is 21.2. The van der Waals surface area contributed by atoms with E-state index in [1.165, 1.54) is 33.3 Å². The third-order valence-corrected chi connectivity index (χ3v) is 4.67. The zero-order valence-electron chi connectivity index (χ0n) is 14.6. The molecule has 1 atom stereocenters. The molecule has 6 nitrogen and oxygen atoms in total. The molecule has 0 aliphatic carbocycles. The van der Waals surface area contributed by atoms with Gasteiger partial charge in [0.2, 0.25) is 0 Å². The highest BCUT2D eigenvalue weighted by Crippen LogP contribution is 2.32. The number of methoxy groups -OCH3 is 2. The van der Waals surface area contributed by atoms with Crippen LogP contribution in [0.25, 0.3) is 0 Å². The van der Waals surface area contributed by atoms with Crippen molar-refractivity contribution in [3.05, 3.63) is 51.0 Å². The molecule has 0 saturated heterocycles.